The van der Waals surface area contributed by atoms with Gasteiger partial charge in [-0.1, -0.05) is 28.1 Å². The van der Waals surface area contributed by atoms with Crippen LogP contribution in [0.5, 0.6) is 0 Å². The number of benzene rings is 2. The Morgan fingerprint density at radius 2 is 2.00 bits per heavy atom. The van der Waals surface area contributed by atoms with Crippen molar-refractivity contribution >= 4 is 44.0 Å². The van der Waals surface area contributed by atoms with Gasteiger partial charge in [-0.2, -0.15) is 0 Å². The Bertz CT molecular complexity index is 830. The number of Topliss-reactive ketones (excluding diaryl/α,β-unsaturated/α-hetero) is 1. The van der Waals surface area contributed by atoms with Crippen LogP contribution in [0.1, 0.15) is 17.3 Å². The van der Waals surface area contributed by atoms with Crippen molar-refractivity contribution in [3.63, 3.8) is 0 Å². The third-order valence-corrected chi connectivity index (χ3v) is 3.75. The number of rotatable bonds is 3. The van der Waals surface area contributed by atoms with Gasteiger partial charge in [-0.3, -0.25) is 9.78 Å². The van der Waals surface area contributed by atoms with Gasteiger partial charge in [0.1, 0.15) is 0 Å². The van der Waals surface area contributed by atoms with E-state index in [9.17, 15) is 4.79 Å². The molecule has 0 atom stereocenters. The minimum Gasteiger partial charge on any atom is -0.355 e. The molecule has 3 aromatic rings. The van der Waals surface area contributed by atoms with Crippen molar-refractivity contribution in [2.45, 2.75) is 6.92 Å². The number of nitrogens with one attached hydrogen (secondary N) is 1. The lowest BCUT2D eigenvalue weighted by Crippen LogP contribution is -1.96. The molecule has 0 aliphatic rings. The van der Waals surface area contributed by atoms with Gasteiger partial charge >= 0.3 is 0 Å². The van der Waals surface area contributed by atoms with Crippen molar-refractivity contribution in [2.24, 2.45) is 0 Å². The zero-order chi connectivity index (χ0) is 14.8. The van der Waals surface area contributed by atoms with Crippen molar-refractivity contribution in [2.75, 3.05) is 5.32 Å². The SMILES string of the molecule is CC(=O)c1cccc(Nc2ccnc3cc(Br)ccc23)c1. The Hall–Kier alpha value is -2.20. The standard InChI is InChI=1S/C17H13BrN2O/c1-11(21)12-3-2-4-14(9-12)20-16-7-8-19-17-10-13(18)5-6-15(16)17/h2-10H,1H3,(H,19,20). The first kappa shape index (κ1) is 13.8. The fourth-order valence-corrected chi connectivity index (χ4v) is 2.55. The minimum atomic E-state index is 0.0576. The number of pyridine rings is 1. The third-order valence-electron chi connectivity index (χ3n) is 3.25. The number of hydrogen-bond donors (Lipinski definition) is 1. The molecular weight excluding hydrogens is 328 g/mol. The first-order valence-electron chi connectivity index (χ1n) is 6.56. The molecule has 2 aromatic carbocycles. The Labute approximate surface area is 131 Å². The normalized spacial score (nSPS) is 10.6. The van der Waals surface area contributed by atoms with Crippen LogP contribution in [-0.4, -0.2) is 10.8 Å². The number of nitrogens with zero attached hydrogens (tertiary/aromatic N) is 1. The first-order valence-corrected chi connectivity index (χ1v) is 7.35. The molecule has 4 heteroatoms. The van der Waals surface area contributed by atoms with Gasteiger partial charge < -0.3 is 5.32 Å². The van der Waals surface area contributed by atoms with Gasteiger partial charge in [0.25, 0.3) is 0 Å². The third kappa shape index (κ3) is 2.95. The quantitative estimate of drug-likeness (QED) is 0.686. The smallest absolute Gasteiger partial charge is 0.159 e. The summed E-state index contributed by atoms with van der Waals surface area (Å²) in [5, 5.41) is 4.39. The maximum absolute atomic E-state index is 11.5. The molecule has 3 rings (SSSR count). The molecular formula is C17H13BrN2O. The monoisotopic (exact) mass is 340 g/mol. The molecule has 0 bridgehead atoms. The number of halogens is 1. The van der Waals surface area contributed by atoms with Crippen LogP contribution >= 0.6 is 15.9 Å². The van der Waals surface area contributed by atoms with Gasteiger partial charge in [0, 0.05) is 33.0 Å². The van der Waals surface area contributed by atoms with E-state index in [1.54, 1.807) is 13.1 Å². The topological polar surface area (TPSA) is 42.0 Å². The predicted molar refractivity (Wildman–Crippen MR) is 89.2 cm³/mol. The molecule has 0 unspecified atom stereocenters. The van der Waals surface area contributed by atoms with Crippen LogP contribution in [0, 0.1) is 0 Å². The second kappa shape index (κ2) is 5.66. The summed E-state index contributed by atoms with van der Waals surface area (Å²) in [5.41, 5.74) is 3.46. The summed E-state index contributed by atoms with van der Waals surface area (Å²) >= 11 is 3.45. The van der Waals surface area contributed by atoms with E-state index in [1.807, 2.05) is 48.5 Å². The Balaban J connectivity index is 2.02. The van der Waals surface area contributed by atoms with E-state index in [0.717, 1.165) is 26.8 Å². The number of anilines is 2. The van der Waals surface area contributed by atoms with E-state index in [2.05, 4.69) is 26.2 Å². The molecule has 0 saturated carbocycles. The number of ketones is 1. The number of fused-ring (bicyclic) bond motifs is 1. The lowest BCUT2D eigenvalue weighted by atomic mass is 10.1. The van der Waals surface area contributed by atoms with E-state index in [0.29, 0.717) is 5.56 Å². The maximum atomic E-state index is 11.5. The van der Waals surface area contributed by atoms with Gasteiger partial charge in [-0.25, -0.2) is 0 Å². The van der Waals surface area contributed by atoms with Crippen LogP contribution in [0.25, 0.3) is 10.9 Å². The van der Waals surface area contributed by atoms with Gasteiger partial charge in [-0.15, -0.1) is 0 Å². The van der Waals surface area contributed by atoms with Crippen molar-refractivity contribution in [3.05, 3.63) is 64.8 Å². The van der Waals surface area contributed by atoms with Crippen molar-refractivity contribution in [3.8, 4) is 0 Å². The highest BCUT2D eigenvalue weighted by Gasteiger charge is 2.05. The van der Waals surface area contributed by atoms with Crippen LogP contribution in [0.4, 0.5) is 11.4 Å². The molecule has 0 amide bonds. The van der Waals surface area contributed by atoms with Crippen molar-refractivity contribution < 1.29 is 4.79 Å². The second-order valence-electron chi connectivity index (χ2n) is 4.78. The van der Waals surface area contributed by atoms with Gasteiger partial charge in [0.2, 0.25) is 0 Å². The number of carbonyl (C=O) groups is 1. The van der Waals surface area contributed by atoms with Crippen LogP contribution in [0.2, 0.25) is 0 Å². The van der Waals surface area contributed by atoms with Crippen LogP contribution in [0.3, 0.4) is 0 Å². The zero-order valence-corrected chi connectivity index (χ0v) is 13.0. The summed E-state index contributed by atoms with van der Waals surface area (Å²) < 4.78 is 0.998. The fourth-order valence-electron chi connectivity index (χ4n) is 2.20. The van der Waals surface area contributed by atoms with Gasteiger partial charge in [-0.05, 0) is 43.3 Å². The second-order valence-corrected chi connectivity index (χ2v) is 5.70. The molecule has 0 radical (unpaired) electrons. The average Bonchev–Trinajstić information content (AvgIpc) is 2.47. The Morgan fingerprint density at radius 3 is 2.81 bits per heavy atom. The molecule has 1 aromatic heterocycles. The van der Waals surface area contributed by atoms with E-state index in [1.165, 1.54) is 0 Å². The van der Waals surface area contributed by atoms with E-state index >= 15 is 0 Å². The summed E-state index contributed by atoms with van der Waals surface area (Å²) in [7, 11) is 0. The molecule has 104 valence electrons. The van der Waals surface area contributed by atoms with E-state index in [4.69, 9.17) is 0 Å². The average molecular weight is 341 g/mol. The summed E-state index contributed by atoms with van der Waals surface area (Å²) in [6, 6.07) is 15.4. The number of carbonyl (C=O) groups excluding carboxylic acids is 1. The van der Waals surface area contributed by atoms with Crippen LogP contribution in [0.15, 0.2) is 59.2 Å². The van der Waals surface area contributed by atoms with E-state index < -0.39 is 0 Å². The van der Waals surface area contributed by atoms with Crippen LogP contribution < -0.4 is 5.32 Å². The summed E-state index contributed by atoms with van der Waals surface area (Å²) in [4.78, 5) is 15.8. The predicted octanol–water partition coefficient (Wildman–Crippen LogP) is 4.94. The van der Waals surface area contributed by atoms with Gasteiger partial charge in [0.05, 0.1) is 5.52 Å². The lowest BCUT2D eigenvalue weighted by molar-refractivity contribution is 0.101. The Kier molecular flexibility index (Phi) is 3.71. The fraction of sp³-hybridized carbons (Fsp3) is 0.0588. The molecule has 21 heavy (non-hydrogen) atoms. The lowest BCUT2D eigenvalue weighted by Gasteiger charge is -2.10. The molecule has 1 N–H and O–H groups in total. The summed E-state index contributed by atoms with van der Waals surface area (Å²) in [6.07, 6.45) is 1.77. The molecule has 0 spiro atoms. The minimum absolute atomic E-state index is 0.0576. The number of hydrogen-bond acceptors (Lipinski definition) is 3. The molecule has 0 aliphatic heterocycles. The van der Waals surface area contributed by atoms with E-state index in [-0.39, 0.29) is 5.78 Å². The molecule has 0 saturated heterocycles. The molecule has 1 heterocycles. The zero-order valence-electron chi connectivity index (χ0n) is 11.4. The largest absolute Gasteiger partial charge is 0.355 e. The highest BCUT2D eigenvalue weighted by Crippen LogP contribution is 2.27. The summed E-state index contributed by atoms with van der Waals surface area (Å²) in [5.74, 6) is 0.0576. The van der Waals surface area contributed by atoms with Crippen molar-refractivity contribution in [1.82, 2.24) is 4.98 Å². The van der Waals surface area contributed by atoms with Gasteiger partial charge in [0.15, 0.2) is 5.78 Å². The van der Waals surface area contributed by atoms with Crippen LogP contribution in [-0.2, 0) is 0 Å². The molecule has 0 aliphatic carbocycles. The number of aromatic nitrogens is 1. The summed E-state index contributed by atoms with van der Waals surface area (Å²) in [6.45, 7) is 1.57. The maximum Gasteiger partial charge on any atom is 0.159 e. The van der Waals surface area contributed by atoms with Crippen molar-refractivity contribution in [1.29, 1.82) is 0 Å². The molecule has 0 fully saturated rings. The first-order chi connectivity index (χ1) is 10.1. The Morgan fingerprint density at radius 1 is 1.14 bits per heavy atom. The highest BCUT2D eigenvalue weighted by atomic mass is 79.9. The highest BCUT2D eigenvalue weighted by molar-refractivity contribution is 9.10. The molecule has 3 nitrogen and oxygen atoms in total.